The lowest BCUT2D eigenvalue weighted by Crippen LogP contribution is -2.24. The Kier molecular flexibility index (Phi) is 7.65. The van der Waals surface area contributed by atoms with Gasteiger partial charge in [0, 0.05) is 12.7 Å². The molecule has 1 N–H and O–H groups in total. The minimum atomic E-state index is -0.0523. The van der Waals surface area contributed by atoms with Crippen LogP contribution in [0.3, 0.4) is 0 Å². The smallest absolute Gasteiger partial charge is 0.254 e. The van der Waals surface area contributed by atoms with Crippen LogP contribution in [-0.4, -0.2) is 17.4 Å². The molecular formula is C14H21BrN2O. The van der Waals surface area contributed by atoms with Gasteiger partial charge in [-0.05, 0) is 34.5 Å². The van der Waals surface area contributed by atoms with Crippen molar-refractivity contribution in [2.24, 2.45) is 0 Å². The highest BCUT2D eigenvalue weighted by molar-refractivity contribution is 9.10. The van der Waals surface area contributed by atoms with E-state index in [1.807, 2.05) is 0 Å². The SMILES string of the molecule is CCCCCCCCNC(=O)c1cccnc1Br. The van der Waals surface area contributed by atoms with Gasteiger partial charge >= 0.3 is 0 Å². The summed E-state index contributed by atoms with van der Waals surface area (Å²) in [5, 5.41) is 2.92. The van der Waals surface area contributed by atoms with Gasteiger partial charge in [0.25, 0.3) is 5.91 Å². The largest absolute Gasteiger partial charge is 0.352 e. The van der Waals surface area contributed by atoms with Crippen molar-refractivity contribution in [3.8, 4) is 0 Å². The molecule has 0 atom stereocenters. The number of halogens is 1. The molecule has 0 aliphatic rings. The lowest BCUT2D eigenvalue weighted by molar-refractivity contribution is 0.0951. The highest BCUT2D eigenvalue weighted by Crippen LogP contribution is 2.12. The van der Waals surface area contributed by atoms with Crippen LogP contribution < -0.4 is 5.32 Å². The maximum atomic E-state index is 11.8. The fraction of sp³-hybridized carbons (Fsp3) is 0.571. The lowest BCUT2D eigenvalue weighted by atomic mass is 10.1. The van der Waals surface area contributed by atoms with E-state index < -0.39 is 0 Å². The number of rotatable bonds is 8. The van der Waals surface area contributed by atoms with Crippen LogP contribution in [0.1, 0.15) is 55.8 Å². The predicted molar refractivity (Wildman–Crippen MR) is 77.6 cm³/mol. The van der Waals surface area contributed by atoms with E-state index in [0.29, 0.717) is 10.2 Å². The third-order valence-corrected chi connectivity index (χ3v) is 3.45. The van der Waals surface area contributed by atoms with Crippen molar-refractivity contribution >= 4 is 21.8 Å². The highest BCUT2D eigenvalue weighted by Gasteiger charge is 2.08. The third-order valence-electron chi connectivity index (χ3n) is 2.82. The molecule has 1 aromatic heterocycles. The second kappa shape index (κ2) is 9.09. The summed E-state index contributed by atoms with van der Waals surface area (Å²) < 4.78 is 0.602. The molecule has 100 valence electrons. The normalized spacial score (nSPS) is 10.3. The first kappa shape index (κ1) is 15.2. The van der Waals surface area contributed by atoms with E-state index in [4.69, 9.17) is 0 Å². The summed E-state index contributed by atoms with van der Waals surface area (Å²) in [5.41, 5.74) is 0.600. The second-order valence-corrected chi connectivity index (χ2v) is 5.12. The van der Waals surface area contributed by atoms with Crippen LogP contribution >= 0.6 is 15.9 Å². The van der Waals surface area contributed by atoms with Crippen LogP contribution in [-0.2, 0) is 0 Å². The number of unbranched alkanes of at least 4 members (excludes halogenated alkanes) is 5. The van der Waals surface area contributed by atoms with Crippen LogP contribution in [0.4, 0.5) is 0 Å². The molecule has 0 saturated carbocycles. The molecule has 4 heteroatoms. The number of carbonyl (C=O) groups is 1. The van der Waals surface area contributed by atoms with Gasteiger partial charge < -0.3 is 5.32 Å². The molecule has 0 aliphatic carbocycles. The Morgan fingerprint density at radius 2 is 2.00 bits per heavy atom. The molecule has 1 heterocycles. The Labute approximate surface area is 118 Å². The standard InChI is InChI=1S/C14H21BrN2O/c1-2-3-4-5-6-7-10-17-14(18)12-9-8-11-16-13(12)15/h8-9,11H,2-7,10H2,1H3,(H,17,18). The van der Waals surface area contributed by atoms with E-state index in [1.54, 1.807) is 18.3 Å². The molecule has 0 radical (unpaired) electrons. The molecule has 0 unspecified atom stereocenters. The first-order valence-corrected chi connectivity index (χ1v) is 7.43. The Morgan fingerprint density at radius 3 is 2.72 bits per heavy atom. The molecule has 3 nitrogen and oxygen atoms in total. The number of hydrogen-bond acceptors (Lipinski definition) is 2. The number of carbonyl (C=O) groups excluding carboxylic acids is 1. The fourth-order valence-corrected chi connectivity index (χ4v) is 2.19. The van der Waals surface area contributed by atoms with Crippen LogP contribution in [0, 0.1) is 0 Å². The zero-order valence-corrected chi connectivity index (χ0v) is 12.5. The molecular weight excluding hydrogens is 292 g/mol. The summed E-state index contributed by atoms with van der Waals surface area (Å²) in [5.74, 6) is -0.0523. The van der Waals surface area contributed by atoms with E-state index >= 15 is 0 Å². The number of amides is 1. The molecule has 0 spiro atoms. The van der Waals surface area contributed by atoms with Gasteiger partial charge in [-0.15, -0.1) is 0 Å². The average molecular weight is 313 g/mol. The van der Waals surface area contributed by atoms with Crippen molar-refractivity contribution in [3.63, 3.8) is 0 Å². The molecule has 0 aromatic carbocycles. The van der Waals surface area contributed by atoms with Crippen LogP contribution in [0.15, 0.2) is 22.9 Å². The zero-order chi connectivity index (χ0) is 13.2. The second-order valence-electron chi connectivity index (χ2n) is 4.37. The van der Waals surface area contributed by atoms with Gasteiger partial charge in [-0.1, -0.05) is 39.0 Å². The minimum Gasteiger partial charge on any atom is -0.352 e. The Bertz CT molecular complexity index is 369. The molecule has 0 bridgehead atoms. The van der Waals surface area contributed by atoms with Gasteiger partial charge in [0.15, 0.2) is 0 Å². The molecule has 1 aromatic rings. The molecule has 0 aliphatic heterocycles. The molecule has 1 amide bonds. The summed E-state index contributed by atoms with van der Waals surface area (Å²) in [6.45, 7) is 2.96. The van der Waals surface area contributed by atoms with Crippen molar-refractivity contribution in [2.75, 3.05) is 6.54 Å². The van der Waals surface area contributed by atoms with Crippen LogP contribution in [0.5, 0.6) is 0 Å². The summed E-state index contributed by atoms with van der Waals surface area (Å²) in [6.07, 6.45) is 9.05. The zero-order valence-electron chi connectivity index (χ0n) is 10.9. The van der Waals surface area contributed by atoms with Gasteiger partial charge in [0.1, 0.15) is 4.60 Å². The summed E-state index contributed by atoms with van der Waals surface area (Å²) in [7, 11) is 0. The van der Waals surface area contributed by atoms with E-state index in [0.717, 1.165) is 13.0 Å². The monoisotopic (exact) mass is 312 g/mol. The van der Waals surface area contributed by atoms with Crippen molar-refractivity contribution < 1.29 is 4.79 Å². The van der Waals surface area contributed by atoms with Crippen LogP contribution in [0.25, 0.3) is 0 Å². The molecule has 1 rings (SSSR count). The number of nitrogens with one attached hydrogen (secondary N) is 1. The molecule has 18 heavy (non-hydrogen) atoms. The Balaban J connectivity index is 2.16. The Morgan fingerprint density at radius 1 is 1.28 bits per heavy atom. The van der Waals surface area contributed by atoms with Gasteiger partial charge in [0.2, 0.25) is 0 Å². The number of aromatic nitrogens is 1. The Hall–Kier alpha value is -0.900. The van der Waals surface area contributed by atoms with Gasteiger partial charge in [-0.3, -0.25) is 4.79 Å². The quantitative estimate of drug-likeness (QED) is 0.583. The summed E-state index contributed by atoms with van der Waals surface area (Å²) >= 11 is 3.28. The average Bonchev–Trinajstić information content (AvgIpc) is 2.38. The number of hydrogen-bond donors (Lipinski definition) is 1. The highest BCUT2D eigenvalue weighted by atomic mass is 79.9. The third kappa shape index (κ3) is 5.63. The summed E-state index contributed by atoms with van der Waals surface area (Å²) in [6, 6.07) is 3.54. The molecule has 0 fully saturated rings. The maximum absolute atomic E-state index is 11.8. The predicted octanol–water partition coefficient (Wildman–Crippen LogP) is 3.93. The topological polar surface area (TPSA) is 42.0 Å². The number of nitrogens with zero attached hydrogens (tertiary/aromatic N) is 1. The van der Waals surface area contributed by atoms with Gasteiger partial charge in [-0.2, -0.15) is 0 Å². The van der Waals surface area contributed by atoms with E-state index in [-0.39, 0.29) is 5.91 Å². The van der Waals surface area contributed by atoms with E-state index in [2.05, 4.69) is 33.2 Å². The fourth-order valence-electron chi connectivity index (χ4n) is 1.76. The first-order valence-electron chi connectivity index (χ1n) is 6.64. The molecule has 0 saturated heterocycles. The van der Waals surface area contributed by atoms with Crippen molar-refractivity contribution in [3.05, 3.63) is 28.5 Å². The van der Waals surface area contributed by atoms with Gasteiger partial charge in [0.05, 0.1) is 5.56 Å². The van der Waals surface area contributed by atoms with Crippen molar-refractivity contribution in [2.45, 2.75) is 45.4 Å². The van der Waals surface area contributed by atoms with Crippen LogP contribution in [0.2, 0.25) is 0 Å². The van der Waals surface area contributed by atoms with E-state index in [9.17, 15) is 4.79 Å². The maximum Gasteiger partial charge on any atom is 0.254 e. The van der Waals surface area contributed by atoms with E-state index in [1.165, 1.54) is 32.1 Å². The van der Waals surface area contributed by atoms with Gasteiger partial charge in [-0.25, -0.2) is 4.98 Å². The van der Waals surface area contributed by atoms with Crippen molar-refractivity contribution in [1.29, 1.82) is 0 Å². The first-order chi connectivity index (χ1) is 8.75. The lowest BCUT2D eigenvalue weighted by Gasteiger charge is -2.06. The van der Waals surface area contributed by atoms with Crippen molar-refractivity contribution in [1.82, 2.24) is 10.3 Å². The summed E-state index contributed by atoms with van der Waals surface area (Å²) in [4.78, 5) is 15.9. The minimum absolute atomic E-state index is 0.0523. The number of pyridine rings is 1.